The third kappa shape index (κ3) is 4.06. The van der Waals surface area contributed by atoms with Crippen molar-refractivity contribution in [2.45, 2.75) is 40.8 Å². The van der Waals surface area contributed by atoms with E-state index in [2.05, 4.69) is 58.5 Å². The van der Waals surface area contributed by atoms with Gasteiger partial charge in [0.15, 0.2) is 11.0 Å². The molecule has 8 heteroatoms. The van der Waals surface area contributed by atoms with Gasteiger partial charge in [-0.3, -0.25) is 0 Å². The van der Waals surface area contributed by atoms with Crippen LogP contribution in [0.4, 0.5) is 11.4 Å². The van der Waals surface area contributed by atoms with Crippen molar-refractivity contribution in [2.24, 2.45) is 0 Å². The summed E-state index contributed by atoms with van der Waals surface area (Å²) in [4.78, 5) is 4.41. The summed E-state index contributed by atoms with van der Waals surface area (Å²) in [7, 11) is 0. The Labute approximate surface area is 214 Å². The van der Waals surface area contributed by atoms with E-state index in [1.807, 2.05) is 30.3 Å². The molecule has 172 valence electrons. The monoisotopic (exact) mass is 521 g/mol. The molecule has 0 N–H and O–H groups in total. The van der Waals surface area contributed by atoms with Crippen molar-refractivity contribution < 1.29 is 4.57 Å². The molecule has 2 heterocycles. The van der Waals surface area contributed by atoms with E-state index < -0.39 is 0 Å². The van der Waals surface area contributed by atoms with E-state index >= 15 is 0 Å². The number of allylic oxidation sites excluding steroid dienone is 1. The molecule has 0 unspecified atom stereocenters. The van der Waals surface area contributed by atoms with Crippen LogP contribution in [0.1, 0.15) is 33.5 Å². The third-order valence-electron chi connectivity index (χ3n) is 5.91. The van der Waals surface area contributed by atoms with Gasteiger partial charge < -0.3 is 9.80 Å². The van der Waals surface area contributed by atoms with Crippen molar-refractivity contribution in [3.8, 4) is 11.8 Å². The molecule has 0 bridgehead atoms. The maximum atomic E-state index is 6.32. The van der Waals surface area contributed by atoms with Crippen LogP contribution in [0.3, 0.4) is 0 Å². The second kappa shape index (κ2) is 9.68. The van der Waals surface area contributed by atoms with Crippen molar-refractivity contribution in [2.75, 3.05) is 22.9 Å². The third-order valence-corrected chi connectivity index (χ3v) is 7.36. The lowest BCUT2D eigenvalue weighted by molar-refractivity contribution is -0.671. The number of fused-ring (bicyclic) bond motifs is 2. The van der Waals surface area contributed by atoms with Crippen molar-refractivity contribution in [3.05, 3.63) is 62.1 Å². The maximum absolute atomic E-state index is 6.32. The van der Waals surface area contributed by atoms with Crippen LogP contribution in [0.5, 0.6) is 0 Å². The lowest BCUT2D eigenvalue weighted by Crippen LogP contribution is -2.35. The van der Waals surface area contributed by atoms with Crippen LogP contribution in [0.15, 0.2) is 36.2 Å². The molecule has 1 aliphatic heterocycles. The smallest absolute Gasteiger partial charge is 0.326 e. The van der Waals surface area contributed by atoms with Gasteiger partial charge in [0.1, 0.15) is 5.82 Å². The van der Waals surface area contributed by atoms with Gasteiger partial charge in [-0.1, -0.05) is 52.3 Å². The van der Waals surface area contributed by atoms with E-state index in [1.54, 1.807) is 0 Å². The molecule has 0 spiro atoms. The number of hydrogen-bond donors (Lipinski definition) is 0. The highest BCUT2D eigenvalue weighted by Gasteiger charge is 2.30. The number of aryl methyl sites for hydroxylation is 2. The Morgan fingerprint density at radius 1 is 0.788 bits per heavy atom. The van der Waals surface area contributed by atoms with E-state index in [9.17, 15) is 0 Å². The van der Waals surface area contributed by atoms with Gasteiger partial charge in [0.25, 0.3) is 0 Å². The van der Waals surface area contributed by atoms with Gasteiger partial charge in [-0.15, -0.1) is 0 Å². The zero-order valence-electron chi connectivity index (χ0n) is 19.0. The molecular weight excluding hydrogens is 498 g/mol. The molecule has 33 heavy (non-hydrogen) atoms. The van der Waals surface area contributed by atoms with Crippen LogP contribution < -0.4 is 14.4 Å². The molecule has 2 aromatic carbocycles. The van der Waals surface area contributed by atoms with E-state index in [0.717, 1.165) is 60.2 Å². The Bertz CT molecular complexity index is 1240. The number of anilines is 2. The highest BCUT2D eigenvalue weighted by atomic mass is 35.5. The van der Waals surface area contributed by atoms with Gasteiger partial charge in [-0.25, -0.2) is 9.13 Å². The fourth-order valence-corrected chi connectivity index (χ4v) is 5.08. The molecule has 4 nitrogen and oxygen atoms in total. The first-order valence-corrected chi connectivity index (χ1v) is 12.5. The van der Waals surface area contributed by atoms with Crippen LogP contribution in [-0.4, -0.2) is 17.7 Å². The first kappa shape index (κ1) is 24.1. The van der Waals surface area contributed by atoms with Crippen molar-refractivity contribution in [1.29, 1.82) is 0 Å². The molecule has 0 radical (unpaired) electrons. The summed E-state index contributed by atoms with van der Waals surface area (Å²) in [5.41, 5.74) is 4.12. The molecule has 0 saturated carbocycles. The lowest BCUT2D eigenvalue weighted by Gasteiger charge is -2.22. The fraction of sp³-hybridized carbons (Fsp3) is 0.320. The van der Waals surface area contributed by atoms with Gasteiger partial charge in [0, 0.05) is 37.2 Å². The first-order chi connectivity index (χ1) is 15.9. The standard InChI is InChI=1S/C25H25Cl4N4/c1-5-30-20-12-16(26)17(27)13-21(20)31(6-2)24(30)10-9-11-25-32(7-3)22-14-18(28)19(29)15-23(22)33(25)8-4/h10,12-15H,5-8H2,1-4H3/q+1. The Balaban J connectivity index is 1.84. The minimum absolute atomic E-state index is 0.541. The minimum atomic E-state index is 0.541. The van der Waals surface area contributed by atoms with Crippen LogP contribution in [-0.2, 0) is 13.1 Å². The Kier molecular flexibility index (Phi) is 7.07. The Morgan fingerprint density at radius 3 is 1.85 bits per heavy atom. The molecule has 4 rings (SSSR count). The number of halogens is 4. The zero-order valence-corrected chi connectivity index (χ0v) is 22.0. The number of aromatic nitrogens is 2. The molecule has 1 aromatic heterocycles. The zero-order chi connectivity index (χ0) is 23.9. The Morgan fingerprint density at radius 2 is 1.33 bits per heavy atom. The fourth-order valence-electron chi connectivity index (χ4n) is 4.44. The minimum Gasteiger partial charge on any atom is -0.326 e. The highest BCUT2D eigenvalue weighted by Crippen LogP contribution is 2.45. The largest absolute Gasteiger partial charge is 0.336 e. The summed E-state index contributed by atoms with van der Waals surface area (Å²) in [6.07, 6.45) is 1.96. The summed E-state index contributed by atoms with van der Waals surface area (Å²) in [6.45, 7) is 11.5. The normalized spacial score (nSPS) is 12.9. The summed E-state index contributed by atoms with van der Waals surface area (Å²) in [5, 5.41) is 2.18. The van der Waals surface area contributed by atoms with Crippen LogP contribution in [0, 0.1) is 11.8 Å². The second-order valence-corrected chi connectivity index (χ2v) is 9.21. The summed E-state index contributed by atoms with van der Waals surface area (Å²) >= 11 is 25.3. The topological polar surface area (TPSA) is 15.3 Å². The molecule has 1 aliphatic rings. The number of rotatable bonds is 4. The summed E-state index contributed by atoms with van der Waals surface area (Å²) in [6, 6.07) is 7.68. The lowest BCUT2D eigenvalue weighted by atomic mass is 10.2. The van der Waals surface area contributed by atoms with Gasteiger partial charge in [0.2, 0.25) is 0 Å². The maximum Gasteiger partial charge on any atom is 0.336 e. The van der Waals surface area contributed by atoms with Crippen molar-refractivity contribution >= 4 is 68.8 Å². The Hall–Kier alpha value is -2.03. The number of hydrogen-bond acceptors (Lipinski definition) is 2. The summed E-state index contributed by atoms with van der Waals surface area (Å²) in [5.74, 6) is 8.62. The van der Waals surface area contributed by atoms with Crippen molar-refractivity contribution in [3.63, 3.8) is 0 Å². The number of imidazole rings is 1. The molecule has 0 saturated heterocycles. The van der Waals surface area contributed by atoms with Gasteiger partial charge in [0.05, 0.1) is 44.6 Å². The van der Waals surface area contributed by atoms with Crippen LogP contribution in [0.2, 0.25) is 20.1 Å². The van der Waals surface area contributed by atoms with Gasteiger partial charge in [-0.05, 0) is 39.8 Å². The van der Waals surface area contributed by atoms with E-state index in [4.69, 9.17) is 46.4 Å². The van der Waals surface area contributed by atoms with Crippen LogP contribution >= 0.6 is 46.4 Å². The SMILES string of the molecule is CCN1C(=CC#Cc2n(CC)c3cc(Cl)c(Cl)cc3[n+]2CC)N(CC)c2cc(Cl)c(Cl)cc21. The average molecular weight is 523 g/mol. The van der Waals surface area contributed by atoms with Gasteiger partial charge in [-0.2, -0.15) is 0 Å². The molecule has 0 atom stereocenters. The second-order valence-electron chi connectivity index (χ2n) is 7.58. The average Bonchev–Trinajstić information content (AvgIpc) is 3.24. The molecular formula is C25H25Cl4N4+. The predicted molar refractivity (Wildman–Crippen MR) is 141 cm³/mol. The molecule has 3 aromatic rings. The van der Waals surface area contributed by atoms with Crippen LogP contribution in [0.25, 0.3) is 11.0 Å². The predicted octanol–water partition coefficient (Wildman–Crippen LogP) is 7.14. The molecule has 0 amide bonds. The van der Waals surface area contributed by atoms with Gasteiger partial charge >= 0.3 is 5.82 Å². The quantitative estimate of drug-likeness (QED) is 0.267. The molecule has 0 fully saturated rings. The number of benzene rings is 2. The first-order valence-electron chi connectivity index (χ1n) is 11.0. The highest BCUT2D eigenvalue weighted by molar-refractivity contribution is 6.43. The van der Waals surface area contributed by atoms with E-state index in [-0.39, 0.29) is 0 Å². The van der Waals surface area contributed by atoms with E-state index in [1.165, 1.54) is 0 Å². The molecule has 0 aliphatic carbocycles. The van der Waals surface area contributed by atoms with Crippen molar-refractivity contribution in [1.82, 2.24) is 4.57 Å². The van der Waals surface area contributed by atoms with E-state index in [0.29, 0.717) is 20.1 Å². The summed E-state index contributed by atoms with van der Waals surface area (Å²) < 4.78 is 4.34. The number of nitrogens with zero attached hydrogens (tertiary/aromatic N) is 4.